The molecule has 40 heteroatoms. The third-order valence-electron chi connectivity index (χ3n) is 26.3. The van der Waals surface area contributed by atoms with Gasteiger partial charge in [0.2, 0.25) is 29.5 Å². The highest BCUT2D eigenvalue weighted by atomic mass is 32.2. The van der Waals surface area contributed by atoms with Crippen molar-refractivity contribution in [1.82, 2.24) is 24.5 Å². The van der Waals surface area contributed by atoms with Gasteiger partial charge in [-0.15, -0.1) is 22.0 Å². The molecule has 2 saturated carbocycles. The fourth-order valence-electron chi connectivity index (χ4n) is 19.5. The average molecular weight is 1980 g/mol. The maximum Gasteiger partial charge on any atom is 0.259 e. The standard InChI is InChI=1S/C21H29N3O4S.C19H25N3O4S.2C19H27N3O4S.C18H25N3O4S/c22-20-19-17(14-29(26,27)23-20)9-4-10-18(19)28-13-15-6-5-11-24(12-15)21(25)16-7-2-1-3-8-16;20-19-18-15(12-27(24,25)21-19)4-1-5-16(18)26-11-14-3-2-8-22(10-14)17(23)9-13-6-7-13;1-13(2)9-17(23)22-8-4-5-14(10-22)11-26-16-7-3-6-15-12-27(24,25)21-19(20)18(15)16;1-2-3-9-17(23)22-10-5-6-14(11-22)12-26-16-8-4-7-15-13-27(24,25)21-19(20)18(15)16;1-2-5-16(22)21-9-4-6-13(10-21)11-25-15-8-3-7-14-12-26(23,24)20-18(19)17(14)15/h4,9-10,15-16H,1-3,5-8,11-14H2,(H2,22,23);1,4-5,13-14H,2-3,6-12H2,(H2,20,21);3,6-7,13-14H,4-5,8-12H2,1-2H3,(H2,20,21);4,7-8,14H,2-3,5-6,9-13H2,1H3,(H2,20,21);3,7-8,13H,2,4-6,9-12H2,1H3,(H2,19,20)/t15-;3*14-;13-/m00000/s1. The molecule has 0 unspecified atom stereocenters. The Morgan fingerprint density at radius 3 is 0.882 bits per heavy atom. The van der Waals surface area contributed by atoms with E-state index >= 15 is 0 Å². The summed E-state index contributed by atoms with van der Waals surface area (Å²) in [5, 5.41) is 0. The first-order valence-corrected chi connectivity index (χ1v) is 56.0. The monoisotopic (exact) mass is 1980 g/mol. The molecule has 5 aromatic carbocycles. The summed E-state index contributed by atoms with van der Waals surface area (Å²) in [4.78, 5) is 71.7. The summed E-state index contributed by atoms with van der Waals surface area (Å²) in [6.45, 7) is 18.2. The number of hydrogen-bond donors (Lipinski definition) is 5. The number of rotatable bonds is 25. The van der Waals surface area contributed by atoms with Crippen molar-refractivity contribution in [3.05, 3.63) is 147 Å². The van der Waals surface area contributed by atoms with Gasteiger partial charge in [0.25, 0.3) is 50.1 Å². The lowest BCUT2D eigenvalue weighted by Crippen LogP contribution is -2.44. The van der Waals surface area contributed by atoms with Crippen LogP contribution in [0.3, 0.4) is 0 Å². The molecule has 7 fully saturated rings. The van der Waals surface area contributed by atoms with E-state index in [0.717, 1.165) is 155 Å². The molecule has 5 amide bonds. The Balaban J connectivity index is 0.000000144. The average Bonchev–Trinajstić information content (AvgIpc) is 0.932. The van der Waals surface area contributed by atoms with Crippen LogP contribution >= 0.6 is 0 Å². The minimum atomic E-state index is -3.56. The third kappa shape index (κ3) is 28.6. The SMILES string of the molecule is CC(C)CC(=O)N1CCC[C@H](COc2cccc3c2C(N)=NS(=O)(=O)C3)C1.CCCC(=O)N1CCC[C@H](COc2cccc3c2C(N)=NS(=O)(=O)C3)C1.CCCCC(=O)N1CCC[C@H](COc2cccc3c2C(N)=NS(=O)(=O)C3)C1.NC1=NS(=O)(=O)Cc2cccc(OC[C@H]3CCCN(C(=O)C4CCCCC4)C3)c21.NC1=NS(=O)(=O)Cc2cccc(OC[C@H]3CCCN(C(=O)CC4CC4)C3)c21. The molecule has 2 aliphatic carbocycles. The first-order chi connectivity index (χ1) is 64.9. The molecule has 12 aliphatic rings. The van der Waals surface area contributed by atoms with Crippen LogP contribution in [0.15, 0.2) is 113 Å². The number of unbranched alkanes of at least 4 members (excludes halogenated alkanes) is 1. The maximum absolute atomic E-state index is 12.9. The van der Waals surface area contributed by atoms with Crippen molar-refractivity contribution < 1.29 is 89.7 Å². The highest BCUT2D eigenvalue weighted by Crippen LogP contribution is 2.39. The molecule has 0 aromatic heterocycles. The van der Waals surface area contributed by atoms with Crippen molar-refractivity contribution in [2.24, 2.45) is 98.0 Å². The number of nitrogens with two attached hydrogens (primary N) is 5. The van der Waals surface area contributed by atoms with Crippen LogP contribution in [0.25, 0.3) is 0 Å². The molecule has 5 saturated heterocycles. The van der Waals surface area contributed by atoms with E-state index in [-0.39, 0.29) is 117 Å². The fraction of sp³-hybridized carbons (Fsp3) is 0.583. The van der Waals surface area contributed by atoms with Crippen molar-refractivity contribution >= 4 is 109 Å². The van der Waals surface area contributed by atoms with Gasteiger partial charge in [0.1, 0.15) is 57.9 Å². The molecule has 10 heterocycles. The zero-order chi connectivity index (χ0) is 97.2. The summed E-state index contributed by atoms with van der Waals surface area (Å²) in [5.41, 5.74) is 35.3. The number of fused-ring (bicyclic) bond motifs is 5. The number of hydrogen-bond acceptors (Lipinski definition) is 25. The van der Waals surface area contributed by atoms with E-state index in [1.807, 2.05) is 45.3 Å². The summed E-state index contributed by atoms with van der Waals surface area (Å²) >= 11 is 0. The lowest BCUT2D eigenvalue weighted by atomic mass is 9.87. The van der Waals surface area contributed by atoms with Crippen molar-refractivity contribution in [1.29, 1.82) is 0 Å². The molecule has 0 bridgehead atoms. The normalized spacial score (nSPS) is 22.6. The Morgan fingerprint density at radius 2 is 0.603 bits per heavy atom. The predicted molar refractivity (Wildman–Crippen MR) is 521 cm³/mol. The van der Waals surface area contributed by atoms with Crippen LogP contribution < -0.4 is 52.4 Å². The number of likely N-dealkylation sites (tertiary alicyclic amines) is 5. The van der Waals surface area contributed by atoms with Crippen LogP contribution in [-0.2, 0) is 103 Å². The van der Waals surface area contributed by atoms with Gasteiger partial charge in [-0.1, -0.05) is 114 Å². The van der Waals surface area contributed by atoms with Crippen molar-refractivity contribution in [3.8, 4) is 28.7 Å². The number of amides is 5. The quantitative estimate of drug-likeness (QED) is 0.0363. The number of ether oxygens (including phenoxy) is 5. The molecule has 35 nitrogen and oxygen atoms in total. The molecule has 0 spiro atoms. The first kappa shape index (κ1) is 103. The second kappa shape index (κ2) is 46.3. The van der Waals surface area contributed by atoms with Gasteiger partial charge in [-0.3, -0.25) is 24.0 Å². The lowest BCUT2D eigenvalue weighted by molar-refractivity contribution is -0.139. The number of carbonyl (C=O) groups excluding carboxylic acids is 5. The highest BCUT2D eigenvalue weighted by Gasteiger charge is 2.38. The number of nitrogens with zero attached hydrogens (tertiary/aromatic N) is 10. The van der Waals surface area contributed by atoms with Crippen molar-refractivity contribution in [3.63, 3.8) is 0 Å². The molecule has 5 aromatic rings. The van der Waals surface area contributed by atoms with Crippen molar-refractivity contribution in [2.75, 3.05) is 98.5 Å². The Morgan fingerprint density at radius 1 is 0.331 bits per heavy atom. The van der Waals surface area contributed by atoms with Crippen molar-refractivity contribution in [2.45, 2.75) is 211 Å². The highest BCUT2D eigenvalue weighted by molar-refractivity contribution is 7.90. The van der Waals surface area contributed by atoms with E-state index in [9.17, 15) is 66.1 Å². The maximum atomic E-state index is 12.9. The topological polar surface area (TPSA) is 510 Å². The summed E-state index contributed by atoms with van der Waals surface area (Å²) in [7, 11) is -17.8. The summed E-state index contributed by atoms with van der Waals surface area (Å²) in [6, 6.07) is 26.5. The van der Waals surface area contributed by atoms with E-state index in [1.165, 1.54) is 19.3 Å². The van der Waals surface area contributed by atoms with Gasteiger partial charge in [0, 0.05) is 127 Å². The molecular weight excluding hydrogens is 1840 g/mol. The fourth-order valence-corrected chi connectivity index (χ4v) is 24.9. The first-order valence-electron chi connectivity index (χ1n) is 47.9. The van der Waals surface area contributed by atoms with Gasteiger partial charge in [-0.25, -0.2) is 42.1 Å². The lowest BCUT2D eigenvalue weighted by Gasteiger charge is -2.36. The minimum absolute atomic E-state index is 0.0143. The third-order valence-corrected chi connectivity index (χ3v) is 32.1. The molecule has 17 rings (SSSR count). The van der Waals surface area contributed by atoms with Gasteiger partial charge < -0.3 is 76.9 Å². The van der Waals surface area contributed by atoms with Crippen LogP contribution in [0.4, 0.5) is 0 Å². The second-order valence-electron chi connectivity index (χ2n) is 38.1. The van der Waals surface area contributed by atoms with Crippen LogP contribution in [0.5, 0.6) is 28.7 Å². The van der Waals surface area contributed by atoms with Crippen LogP contribution in [0, 0.1) is 47.3 Å². The molecule has 742 valence electrons. The summed E-state index contributed by atoms with van der Waals surface area (Å²) in [5.74, 6) is 5.51. The van der Waals surface area contributed by atoms with Crippen LogP contribution in [0.2, 0.25) is 0 Å². The predicted octanol–water partition coefficient (Wildman–Crippen LogP) is 9.68. The van der Waals surface area contributed by atoms with E-state index in [2.05, 4.69) is 28.9 Å². The Kier molecular flexibility index (Phi) is 35.1. The Bertz CT molecular complexity index is 5810. The van der Waals surface area contributed by atoms with Gasteiger partial charge in [0.05, 0.1) is 89.6 Å². The molecule has 0 radical (unpaired) electrons. The smallest absolute Gasteiger partial charge is 0.259 e. The van der Waals surface area contributed by atoms with E-state index in [4.69, 9.17) is 52.4 Å². The number of piperidine rings is 5. The molecule has 136 heavy (non-hydrogen) atoms. The van der Waals surface area contributed by atoms with E-state index < -0.39 is 50.1 Å². The van der Waals surface area contributed by atoms with Gasteiger partial charge in [-0.05, 0) is 173 Å². The molecular formula is C96H133N15O20S5. The summed E-state index contributed by atoms with van der Waals surface area (Å²) < 4.78 is 166. The number of benzene rings is 5. The second-order valence-corrected chi connectivity index (χ2v) is 46.3. The zero-order valence-electron chi connectivity index (χ0n) is 78.5. The number of amidine groups is 5. The Hall–Kier alpha value is -10.5. The Labute approximate surface area is 800 Å². The van der Waals surface area contributed by atoms with Crippen LogP contribution in [0.1, 0.15) is 237 Å². The largest absolute Gasteiger partial charge is 0.492 e. The molecule has 5 atom stereocenters. The van der Waals surface area contributed by atoms with Gasteiger partial charge in [0.15, 0.2) is 0 Å². The molecule has 10 N–H and O–H groups in total. The molecule has 10 aliphatic heterocycles. The van der Waals surface area contributed by atoms with Gasteiger partial charge >= 0.3 is 0 Å². The van der Waals surface area contributed by atoms with E-state index in [1.54, 1.807) is 91.0 Å². The van der Waals surface area contributed by atoms with Gasteiger partial charge in [-0.2, -0.15) is 0 Å². The number of sulfonamides is 5. The number of carbonyl (C=O) groups is 5. The minimum Gasteiger partial charge on any atom is -0.492 e. The van der Waals surface area contributed by atoms with Crippen LogP contribution in [-0.4, -0.2) is 224 Å². The van der Waals surface area contributed by atoms with E-state index in [0.29, 0.717) is 180 Å². The summed E-state index contributed by atoms with van der Waals surface area (Å²) in [6.07, 6.45) is 23.1. The zero-order valence-corrected chi connectivity index (χ0v) is 82.5.